The zero-order valence-corrected chi connectivity index (χ0v) is 9.72. The van der Waals surface area contributed by atoms with Crippen molar-refractivity contribution in [1.29, 1.82) is 0 Å². The lowest BCUT2D eigenvalue weighted by atomic mass is 10.3. The van der Waals surface area contributed by atoms with Gasteiger partial charge in [0.25, 0.3) is 5.91 Å². The summed E-state index contributed by atoms with van der Waals surface area (Å²) in [4.78, 5) is 24.6. The molecule has 1 heterocycles. The molecule has 92 valence electrons. The minimum atomic E-state index is -0.439. The minimum absolute atomic E-state index is 0.0934. The van der Waals surface area contributed by atoms with Crippen LogP contribution in [-0.2, 0) is 9.53 Å². The third-order valence-electron chi connectivity index (χ3n) is 2.03. The highest BCUT2D eigenvalue weighted by Gasteiger charge is 2.18. The molecule has 1 aromatic heterocycles. The van der Waals surface area contributed by atoms with E-state index in [-0.39, 0.29) is 19.0 Å². The maximum absolute atomic E-state index is 11.9. The molecule has 0 fully saturated rings. The van der Waals surface area contributed by atoms with Gasteiger partial charge in [-0.25, -0.2) is 0 Å². The van der Waals surface area contributed by atoms with Crippen LogP contribution in [0.3, 0.4) is 0 Å². The van der Waals surface area contributed by atoms with Gasteiger partial charge in [0.2, 0.25) is 0 Å². The number of ether oxygens (including phenoxy) is 1. The first-order valence-corrected chi connectivity index (χ1v) is 5.27. The molecule has 5 heteroatoms. The topological polar surface area (TPSA) is 59.8 Å². The van der Waals surface area contributed by atoms with Crippen molar-refractivity contribution in [2.75, 3.05) is 19.7 Å². The van der Waals surface area contributed by atoms with E-state index in [4.69, 9.17) is 9.15 Å². The Kier molecular flexibility index (Phi) is 5.00. The zero-order valence-electron chi connectivity index (χ0n) is 9.72. The second-order valence-corrected chi connectivity index (χ2v) is 3.29. The minimum Gasteiger partial charge on any atom is -0.472 e. The van der Waals surface area contributed by atoms with Crippen molar-refractivity contribution in [1.82, 2.24) is 4.90 Å². The predicted molar refractivity (Wildman–Crippen MR) is 61.4 cm³/mol. The largest absolute Gasteiger partial charge is 0.472 e. The highest BCUT2D eigenvalue weighted by Crippen LogP contribution is 2.06. The molecule has 0 saturated carbocycles. The molecule has 0 spiro atoms. The maximum Gasteiger partial charge on any atom is 0.325 e. The SMILES string of the molecule is C=CCN(CC(=O)OCC)C(=O)c1ccoc1. The number of esters is 1. The van der Waals surface area contributed by atoms with Crippen molar-refractivity contribution in [3.05, 3.63) is 36.8 Å². The summed E-state index contributed by atoms with van der Waals surface area (Å²) in [6.07, 6.45) is 4.30. The van der Waals surface area contributed by atoms with Crippen LogP contribution in [0.15, 0.2) is 35.7 Å². The van der Waals surface area contributed by atoms with Gasteiger partial charge in [-0.05, 0) is 13.0 Å². The number of carbonyl (C=O) groups is 2. The van der Waals surface area contributed by atoms with Gasteiger partial charge in [-0.2, -0.15) is 0 Å². The highest BCUT2D eigenvalue weighted by molar-refractivity contribution is 5.95. The predicted octanol–water partition coefficient (Wildman–Crippen LogP) is 1.47. The molecule has 0 unspecified atom stereocenters. The fourth-order valence-electron chi connectivity index (χ4n) is 1.31. The molecule has 17 heavy (non-hydrogen) atoms. The lowest BCUT2D eigenvalue weighted by Crippen LogP contribution is -2.36. The summed E-state index contributed by atoms with van der Waals surface area (Å²) in [6.45, 7) is 5.74. The Balaban J connectivity index is 2.68. The number of amides is 1. The Morgan fingerprint density at radius 2 is 2.35 bits per heavy atom. The summed E-state index contributed by atoms with van der Waals surface area (Å²) in [7, 11) is 0. The van der Waals surface area contributed by atoms with Gasteiger partial charge in [-0.3, -0.25) is 9.59 Å². The summed E-state index contributed by atoms with van der Waals surface area (Å²) in [5, 5.41) is 0. The normalized spacial score (nSPS) is 9.71. The van der Waals surface area contributed by atoms with E-state index >= 15 is 0 Å². The number of furan rings is 1. The van der Waals surface area contributed by atoms with Gasteiger partial charge in [-0.15, -0.1) is 6.58 Å². The molecule has 0 saturated heterocycles. The molecule has 1 rings (SSSR count). The van der Waals surface area contributed by atoms with Gasteiger partial charge in [0, 0.05) is 6.54 Å². The second kappa shape index (κ2) is 6.52. The first-order valence-electron chi connectivity index (χ1n) is 5.27. The molecule has 0 atom stereocenters. The van der Waals surface area contributed by atoms with E-state index in [9.17, 15) is 9.59 Å². The molecule has 0 aliphatic carbocycles. The van der Waals surface area contributed by atoms with Crippen molar-refractivity contribution in [3.63, 3.8) is 0 Å². The number of carbonyl (C=O) groups excluding carboxylic acids is 2. The first kappa shape index (κ1) is 13.0. The third-order valence-corrected chi connectivity index (χ3v) is 2.03. The van der Waals surface area contributed by atoms with E-state index in [0.717, 1.165) is 0 Å². The molecule has 0 N–H and O–H groups in total. The number of hydrogen-bond acceptors (Lipinski definition) is 4. The third kappa shape index (κ3) is 3.79. The van der Waals surface area contributed by atoms with Crippen LogP contribution in [-0.4, -0.2) is 36.5 Å². The van der Waals surface area contributed by atoms with Crippen molar-refractivity contribution in [2.24, 2.45) is 0 Å². The van der Waals surface area contributed by atoms with Gasteiger partial charge in [0.1, 0.15) is 12.8 Å². The van der Waals surface area contributed by atoms with Crippen LogP contribution in [0.4, 0.5) is 0 Å². The molecule has 0 radical (unpaired) electrons. The molecule has 0 bridgehead atoms. The molecule has 0 aliphatic rings. The van der Waals surface area contributed by atoms with Gasteiger partial charge in [-0.1, -0.05) is 6.08 Å². The summed E-state index contributed by atoms with van der Waals surface area (Å²) in [5.74, 6) is -0.724. The molecule has 1 aromatic rings. The van der Waals surface area contributed by atoms with E-state index < -0.39 is 5.97 Å². The standard InChI is InChI=1S/C12H15NO4/c1-3-6-13(8-11(14)17-4-2)12(15)10-5-7-16-9-10/h3,5,7,9H,1,4,6,8H2,2H3. The monoisotopic (exact) mass is 237 g/mol. The molecular weight excluding hydrogens is 222 g/mol. The molecular formula is C12H15NO4. The number of rotatable bonds is 6. The maximum atomic E-state index is 11.9. The highest BCUT2D eigenvalue weighted by atomic mass is 16.5. The van der Waals surface area contributed by atoms with Crippen LogP contribution in [0, 0.1) is 0 Å². The molecule has 5 nitrogen and oxygen atoms in total. The summed E-state index contributed by atoms with van der Waals surface area (Å²) in [6, 6.07) is 1.55. The van der Waals surface area contributed by atoms with Gasteiger partial charge in [0.15, 0.2) is 0 Å². The van der Waals surface area contributed by atoms with Crippen LogP contribution in [0.2, 0.25) is 0 Å². The Bertz CT molecular complexity index is 383. The number of hydrogen-bond donors (Lipinski definition) is 0. The Labute approximate surface area is 99.7 Å². The molecule has 1 amide bonds. The second-order valence-electron chi connectivity index (χ2n) is 3.29. The fraction of sp³-hybridized carbons (Fsp3) is 0.333. The fourth-order valence-corrected chi connectivity index (χ4v) is 1.31. The van der Waals surface area contributed by atoms with E-state index in [1.54, 1.807) is 19.1 Å². The number of nitrogens with zero attached hydrogens (tertiary/aromatic N) is 1. The van der Waals surface area contributed by atoms with E-state index in [1.165, 1.54) is 17.4 Å². The van der Waals surface area contributed by atoms with E-state index in [1.807, 2.05) is 0 Å². The first-order chi connectivity index (χ1) is 8.19. The van der Waals surface area contributed by atoms with Crippen LogP contribution in [0.1, 0.15) is 17.3 Å². The van der Waals surface area contributed by atoms with Crippen molar-refractivity contribution >= 4 is 11.9 Å². The average Bonchev–Trinajstić information content (AvgIpc) is 2.81. The van der Waals surface area contributed by atoms with Crippen LogP contribution in [0.5, 0.6) is 0 Å². The lowest BCUT2D eigenvalue weighted by Gasteiger charge is -2.19. The van der Waals surface area contributed by atoms with Crippen LogP contribution >= 0.6 is 0 Å². The quantitative estimate of drug-likeness (QED) is 0.555. The lowest BCUT2D eigenvalue weighted by molar-refractivity contribution is -0.143. The smallest absolute Gasteiger partial charge is 0.325 e. The summed E-state index contributed by atoms with van der Waals surface area (Å²) < 4.78 is 9.62. The van der Waals surface area contributed by atoms with Gasteiger partial charge >= 0.3 is 5.97 Å². The van der Waals surface area contributed by atoms with E-state index in [0.29, 0.717) is 12.2 Å². The van der Waals surface area contributed by atoms with Crippen molar-refractivity contribution < 1.29 is 18.7 Å². The molecule has 0 aliphatic heterocycles. The van der Waals surface area contributed by atoms with Gasteiger partial charge < -0.3 is 14.1 Å². The Morgan fingerprint density at radius 3 is 2.88 bits per heavy atom. The average molecular weight is 237 g/mol. The summed E-state index contributed by atoms with van der Waals surface area (Å²) >= 11 is 0. The van der Waals surface area contributed by atoms with Crippen LogP contribution in [0.25, 0.3) is 0 Å². The van der Waals surface area contributed by atoms with Gasteiger partial charge in [0.05, 0.1) is 18.4 Å². The Hall–Kier alpha value is -2.04. The van der Waals surface area contributed by atoms with Crippen molar-refractivity contribution in [2.45, 2.75) is 6.92 Å². The Morgan fingerprint density at radius 1 is 1.59 bits per heavy atom. The van der Waals surface area contributed by atoms with E-state index in [2.05, 4.69) is 6.58 Å². The summed E-state index contributed by atoms with van der Waals surface area (Å²) in [5.41, 5.74) is 0.399. The van der Waals surface area contributed by atoms with Crippen LogP contribution < -0.4 is 0 Å². The van der Waals surface area contributed by atoms with Crippen molar-refractivity contribution in [3.8, 4) is 0 Å². The zero-order chi connectivity index (χ0) is 12.7. The molecule has 0 aromatic carbocycles.